The third-order valence-corrected chi connectivity index (χ3v) is 3.63. The number of nitrogens with one attached hydrogen (secondary N) is 2. The first kappa shape index (κ1) is 12.8. The number of aromatic amines is 1. The molecule has 0 atom stereocenters. The maximum absolute atomic E-state index is 10.9. The molecule has 0 unspecified atom stereocenters. The highest BCUT2D eigenvalue weighted by Crippen LogP contribution is 2.24. The van der Waals surface area contributed by atoms with E-state index in [1.165, 1.54) is 12.1 Å². The van der Waals surface area contributed by atoms with Crippen molar-refractivity contribution in [3.8, 4) is 0 Å². The Morgan fingerprint density at radius 1 is 1.50 bits per heavy atom. The minimum absolute atomic E-state index is 0.0907. The van der Waals surface area contributed by atoms with Gasteiger partial charge in [-0.05, 0) is 34.1 Å². The molecule has 0 spiro atoms. The number of aromatic carboxylic acids is 1. The average molecular weight is 329 g/mol. The van der Waals surface area contributed by atoms with Crippen LogP contribution < -0.4 is 10.2 Å². The predicted molar refractivity (Wildman–Crippen MR) is 73.4 cm³/mol. The van der Waals surface area contributed by atoms with Gasteiger partial charge in [-0.15, -0.1) is 0 Å². The van der Waals surface area contributed by atoms with Crippen molar-refractivity contribution in [2.75, 3.05) is 5.32 Å². The molecule has 0 saturated carbocycles. The lowest BCUT2D eigenvalue weighted by molar-refractivity contribution is 0.0697. The van der Waals surface area contributed by atoms with Gasteiger partial charge in [0.05, 0.1) is 12.1 Å². The fourth-order valence-electron chi connectivity index (χ4n) is 1.38. The molecule has 94 valence electrons. The summed E-state index contributed by atoms with van der Waals surface area (Å²) in [4.78, 5) is 24.3. The van der Waals surface area contributed by atoms with Crippen molar-refractivity contribution < 1.29 is 9.90 Å². The lowest BCUT2D eigenvalue weighted by Crippen LogP contribution is -2.04. The van der Waals surface area contributed by atoms with E-state index in [1.54, 1.807) is 11.4 Å². The Morgan fingerprint density at radius 3 is 2.83 bits per heavy atom. The van der Waals surface area contributed by atoms with Gasteiger partial charge in [-0.3, -0.25) is 4.79 Å². The molecule has 3 N–H and O–H groups in total. The fraction of sp³-hybridized carbons (Fsp3) is 0.0909. The van der Waals surface area contributed by atoms with Crippen LogP contribution in [-0.4, -0.2) is 16.1 Å². The maximum atomic E-state index is 10.9. The van der Waals surface area contributed by atoms with Crippen molar-refractivity contribution in [1.82, 2.24) is 4.98 Å². The zero-order chi connectivity index (χ0) is 13.1. The molecule has 0 fully saturated rings. The summed E-state index contributed by atoms with van der Waals surface area (Å²) in [5, 5.41) is 13.7. The number of halogens is 1. The molecule has 18 heavy (non-hydrogen) atoms. The number of carbonyl (C=O) groups is 1. The second-order valence-corrected chi connectivity index (χ2v) is 5.22. The first-order chi connectivity index (χ1) is 8.56. The zero-order valence-electron chi connectivity index (χ0n) is 9.07. The quantitative estimate of drug-likeness (QED) is 0.805. The molecule has 0 bridgehead atoms. The zero-order valence-corrected chi connectivity index (χ0v) is 11.5. The summed E-state index contributed by atoms with van der Waals surface area (Å²) in [6.07, 6.45) is 0. The van der Waals surface area contributed by atoms with Crippen LogP contribution in [0.1, 0.15) is 16.1 Å². The number of H-pyrrole nitrogens is 1. The van der Waals surface area contributed by atoms with E-state index in [2.05, 4.69) is 26.2 Å². The molecular weight excluding hydrogens is 320 g/mol. The smallest absolute Gasteiger partial charge is 0.335 e. The van der Waals surface area contributed by atoms with Gasteiger partial charge in [0.2, 0.25) is 0 Å². The third-order valence-electron chi connectivity index (χ3n) is 2.26. The Bertz CT molecular complexity index is 635. The number of aromatic nitrogens is 1. The summed E-state index contributed by atoms with van der Waals surface area (Å²) in [5.41, 5.74) is 1.78. The molecule has 1 aromatic carbocycles. The first-order valence-electron chi connectivity index (χ1n) is 4.99. The molecule has 5 nitrogen and oxygen atoms in total. The number of carboxylic acids is 1. The van der Waals surface area contributed by atoms with Gasteiger partial charge in [0.15, 0.2) is 0 Å². The van der Waals surface area contributed by atoms with E-state index in [-0.39, 0.29) is 10.4 Å². The van der Waals surface area contributed by atoms with Gasteiger partial charge in [0.1, 0.15) is 0 Å². The van der Waals surface area contributed by atoms with Crippen LogP contribution in [0.15, 0.2) is 32.8 Å². The van der Waals surface area contributed by atoms with Crippen LogP contribution in [0.25, 0.3) is 0 Å². The highest BCUT2D eigenvalue weighted by molar-refractivity contribution is 9.10. The molecule has 7 heteroatoms. The van der Waals surface area contributed by atoms with E-state index in [0.29, 0.717) is 11.0 Å². The van der Waals surface area contributed by atoms with Crippen LogP contribution in [0, 0.1) is 0 Å². The molecule has 2 rings (SSSR count). The van der Waals surface area contributed by atoms with Gasteiger partial charge < -0.3 is 15.4 Å². The van der Waals surface area contributed by atoms with Crippen LogP contribution in [0.5, 0.6) is 0 Å². The number of thiazole rings is 1. The Kier molecular flexibility index (Phi) is 3.83. The summed E-state index contributed by atoms with van der Waals surface area (Å²) in [5.74, 6) is -0.968. The van der Waals surface area contributed by atoms with Gasteiger partial charge >= 0.3 is 10.8 Å². The van der Waals surface area contributed by atoms with Gasteiger partial charge in [0.25, 0.3) is 0 Å². The van der Waals surface area contributed by atoms with Crippen molar-refractivity contribution in [3.05, 3.63) is 49.0 Å². The molecule has 0 aliphatic carbocycles. The number of rotatable bonds is 4. The Balaban J connectivity index is 2.10. The molecule has 0 aliphatic rings. The maximum Gasteiger partial charge on any atom is 0.335 e. The van der Waals surface area contributed by atoms with Gasteiger partial charge in [-0.25, -0.2) is 4.79 Å². The van der Waals surface area contributed by atoms with E-state index in [9.17, 15) is 9.59 Å². The molecule has 0 amide bonds. The second kappa shape index (κ2) is 5.36. The Labute approximate surface area is 115 Å². The highest BCUT2D eigenvalue weighted by Gasteiger charge is 2.06. The van der Waals surface area contributed by atoms with Crippen molar-refractivity contribution in [3.63, 3.8) is 0 Å². The van der Waals surface area contributed by atoms with Gasteiger partial charge in [0, 0.05) is 21.2 Å². The van der Waals surface area contributed by atoms with Crippen LogP contribution in [0.3, 0.4) is 0 Å². The minimum Gasteiger partial charge on any atom is -0.478 e. The summed E-state index contributed by atoms with van der Waals surface area (Å²) >= 11 is 4.41. The highest BCUT2D eigenvalue weighted by atomic mass is 79.9. The first-order valence-corrected chi connectivity index (χ1v) is 6.67. The van der Waals surface area contributed by atoms with Crippen LogP contribution in [0.2, 0.25) is 0 Å². The normalized spacial score (nSPS) is 10.3. The lowest BCUT2D eigenvalue weighted by atomic mass is 10.2. The predicted octanol–water partition coefficient (Wildman–Crippen LogP) is 2.51. The van der Waals surface area contributed by atoms with Gasteiger partial charge in [-0.1, -0.05) is 11.3 Å². The van der Waals surface area contributed by atoms with Crippen LogP contribution in [-0.2, 0) is 6.54 Å². The number of hydrogen-bond donors (Lipinski definition) is 3. The van der Waals surface area contributed by atoms with Crippen molar-refractivity contribution >= 4 is 38.9 Å². The largest absolute Gasteiger partial charge is 0.478 e. The number of anilines is 1. The van der Waals surface area contributed by atoms with Crippen molar-refractivity contribution in [1.29, 1.82) is 0 Å². The number of benzene rings is 1. The Hall–Kier alpha value is -1.60. The van der Waals surface area contributed by atoms with E-state index in [1.807, 2.05) is 0 Å². The Morgan fingerprint density at radius 2 is 2.28 bits per heavy atom. The summed E-state index contributed by atoms with van der Waals surface area (Å²) in [6.45, 7) is 0.476. The summed E-state index contributed by atoms with van der Waals surface area (Å²) in [7, 11) is 0. The molecule has 1 heterocycles. The number of hydrogen-bond acceptors (Lipinski definition) is 4. The van der Waals surface area contributed by atoms with Gasteiger partial charge in [-0.2, -0.15) is 0 Å². The molecule has 0 radical (unpaired) electrons. The van der Waals surface area contributed by atoms with E-state index >= 15 is 0 Å². The van der Waals surface area contributed by atoms with Crippen molar-refractivity contribution in [2.24, 2.45) is 0 Å². The minimum atomic E-state index is -0.968. The molecule has 2 aromatic rings. The van der Waals surface area contributed by atoms with E-state index < -0.39 is 5.97 Å². The summed E-state index contributed by atoms with van der Waals surface area (Å²) in [6, 6.07) is 4.73. The SMILES string of the molecule is O=C(O)c1ccc(NCc2csc(=O)[nH]2)c(Br)c1. The fourth-order valence-corrected chi connectivity index (χ4v) is 2.48. The summed E-state index contributed by atoms with van der Waals surface area (Å²) < 4.78 is 0.667. The molecular formula is C11H9BrN2O3S. The standard InChI is InChI=1S/C11H9BrN2O3S/c12-8-3-6(10(15)16)1-2-9(8)13-4-7-5-18-11(17)14-7/h1-3,5,13H,4H2,(H,14,17)(H,15,16). The molecule has 1 aromatic heterocycles. The lowest BCUT2D eigenvalue weighted by Gasteiger charge is -2.07. The topological polar surface area (TPSA) is 82.2 Å². The average Bonchev–Trinajstić information content (AvgIpc) is 2.73. The van der Waals surface area contributed by atoms with Crippen molar-refractivity contribution in [2.45, 2.75) is 6.54 Å². The second-order valence-electron chi connectivity index (χ2n) is 3.53. The molecule has 0 aliphatic heterocycles. The van der Waals surface area contributed by atoms with E-state index in [4.69, 9.17) is 5.11 Å². The van der Waals surface area contributed by atoms with Crippen LogP contribution in [0.4, 0.5) is 5.69 Å². The monoisotopic (exact) mass is 328 g/mol. The number of carboxylic acid groups (broad SMARTS) is 1. The molecule has 0 saturated heterocycles. The van der Waals surface area contributed by atoms with Crippen LogP contribution >= 0.6 is 27.3 Å². The van der Waals surface area contributed by atoms with E-state index in [0.717, 1.165) is 22.7 Å². The third kappa shape index (κ3) is 2.99.